The lowest BCUT2D eigenvalue weighted by molar-refractivity contribution is -0.384. The first-order chi connectivity index (χ1) is 12.5. The molecule has 136 valence electrons. The number of nitrogens with two attached hydrogens (primary N) is 1. The number of benzene rings is 2. The molecule has 0 spiro atoms. The number of nitrogens with one attached hydrogen (secondary N) is 1. The number of carbonyl (C=O) groups is 1. The summed E-state index contributed by atoms with van der Waals surface area (Å²) < 4.78 is 0. The second-order valence-corrected chi connectivity index (χ2v) is 5.46. The third-order valence-electron chi connectivity index (χ3n) is 3.90. The minimum Gasteiger partial charge on any atom is -0.398 e. The van der Waals surface area contributed by atoms with Crippen LogP contribution in [0.5, 0.6) is 0 Å². The minimum atomic E-state index is -0.466. The topological polar surface area (TPSA) is 114 Å². The average Bonchev–Trinajstić information content (AvgIpc) is 2.63. The summed E-state index contributed by atoms with van der Waals surface area (Å²) in [5, 5.41) is 15.0. The molecule has 0 atom stereocenters. The lowest BCUT2D eigenvalue weighted by Crippen LogP contribution is -2.23. The van der Waals surface area contributed by atoms with E-state index in [4.69, 9.17) is 5.73 Å². The molecule has 0 aliphatic rings. The zero-order chi connectivity index (χ0) is 19.1. The molecule has 3 N–H and O–H groups in total. The van der Waals surface area contributed by atoms with Crippen molar-refractivity contribution in [2.75, 3.05) is 23.7 Å². The molecular formula is C18H21N5O3. The largest absolute Gasteiger partial charge is 0.398 e. The van der Waals surface area contributed by atoms with Crippen LogP contribution in [-0.2, 0) is 0 Å². The molecule has 0 radical (unpaired) electrons. The Morgan fingerprint density at radius 3 is 2.58 bits per heavy atom. The molecule has 8 heteroatoms. The van der Waals surface area contributed by atoms with Crippen molar-refractivity contribution < 1.29 is 9.72 Å². The first kappa shape index (κ1) is 18.9. The zero-order valence-corrected chi connectivity index (χ0v) is 14.7. The first-order valence-corrected chi connectivity index (χ1v) is 8.19. The molecule has 8 nitrogen and oxygen atoms in total. The number of nitro benzene ring substituents is 1. The quantitative estimate of drug-likeness (QED) is 0.343. The Morgan fingerprint density at radius 1 is 1.27 bits per heavy atom. The fourth-order valence-electron chi connectivity index (χ4n) is 2.54. The summed E-state index contributed by atoms with van der Waals surface area (Å²) in [6.07, 6.45) is 1.40. The number of carbonyl (C=O) groups excluding carboxylic acids is 1. The van der Waals surface area contributed by atoms with Gasteiger partial charge in [-0.2, -0.15) is 5.10 Å². The number of rotatable bonds is 7. The molecule has 0 bridgehead atoms. The van der Waals surface area contributed by atoms with Gasteiger partial charge in [-0.3, -0.25) is 14.9 Å². The van der Waals surface area contributed by atoms with Gasteiger partial charge in [0.25, 0.3) is 11.6 Å². The molecule has 0 aliphatic heterocycles. The van der Waals surface area contributed by atoms with Crippen LogP contribution in [0.3, 0.4) is 0 Å². The van der Waals surface area contributed by atoms with Gasteiger partial charge in [-0.25, -0.2) is 5.43 Å². The number of nitrogens with zero attached hydrogens (tertiary/aromatic N) is 3. The first-order valence-electron chi connectivity index (χ1n) is 8.19. The fraction of sp³-hybridized carbons (Fsp3) is 0.222. The highest BCUT2D eigenvalue weighted by Gasteiger charge is 2.13. The van der Waals surface area contributed by atoms with Gasteiger partial charge in [0, 0.05) is 42.2 Å². The number of nitrogen functional groups attached to an aromatic ring is 1. The normalized spacial score (nSPS) is 10.7. The van der Waals surface area contributed by atoms with Gasteiger partial charge in [-0.05, 0) is 32.0 Å². The molecule has 0 saturated heterocycles. The van der Waals surface area contributed by atoms with E-state index in [9.17, 15) is 14.9 Å². The molecule has 0 heterocycles. The summed E-state index contributed by atoms with van der Waals surface area (Å²) >= 11 is 0. The smallest absolute Gasteiger partial charge is 0.273 e. The summed E-state index contributed by atoms with van der Waals surface area (Å²) in [6, 6.07) is 11.2. The third kappa shape index (κ3) is 4.35. The average molecular weight is 355 g/mol. The Kier molecular flexibility index (Phi) is 6.26. The summed E-state index contributed by atoms with van der Waals surface area (Å²) in [5.74, 6) is -0.450. The predicted octanol–water partition coefficient (Wildman–Crippen LogP) is 2.79. The molecule has 1 amide bonds. The van der Waals surface area contributed by atoms with E-state index in [0.29, 0.717) is 16.8 Å². The van der Waals surface area contributed by atoms with Crippen molar-refractivity contribution in [2.24, 2.45) is 5.10 Å². The number of para-hydroxylation sites is 1. The van der Waals surface area contributed by atoms with Crippen LogP contribution >= 0.6 is 0 Å². The maximum absolute atomic E-state index is 12.1. The SMILES string of the molecule is CCN(CC)c1ccc([N+](=O)[O-])cc1/C=N\NC(=O)c1ccccc1N. The van der Waals surface area contributed by atoms with Crippen LogP contribution in [0.1, 0.15) is 29.8 Å². The zero-order valence-electron chi connectivity index (χ0n) is 14.7. The van der Waals surface area contributed by atoms with Gasteiger partial charge in [0.05, 0.1) is 16.7 Å². The van der Waals surface area contributed by atoms with Crippen LogP contribution in [0.4, 0.5) is 17.1 Å². The van der Waals surface area contributed by atoms with E-state index >= 15 is 0 Å². The maximum Gasteiger partial charge on any atom is 0.273 e. The van der Waals surface area contributed by atoms with Crippen LogP contribution in [-0.4, -0.2) is 30.1 Å². The van der Waals surface area contributed by atoms with E-state index in [2.05, 4.69) is 10.5 Å². The number of amides is 1. The van der Waals surface area contributed by atoms with E-state index in [-0.39, 0.29) is 5.69 Å². The van der Waals surface area contributed by atoms with Gasteiger partial charge in [-0.1, -0.05) is 12.1 Å². The van der Waals surface area contributed by atoms with Crippen LogP contribution in [0.15, 0.2) is 47.6 Å². The number of nitro groups is 1. The Labute approximate surface area is 151 Å². The number of hydrazone groups is 1. The predicted molar refractivity (Wildman–Crippen MR) is 103 cm³/mol. The van der Waals surface area contributed by atoms with Crippen LogP contribution < -0.4 is 16.1 Å². The second kappa shape index (κ2) is 8.61. The molecule has 26 heavy (non-hydrogen) atoms. The van der Waals surface area contributed by atoms with Crippen molar-refractivity contribution in [1.29, 1.82) is 0 Å². The Bertz CT molecular complexity index is 831. The van der Waals surface area contributed by atoms with Gasteiger partial charge in [0.2, 0.25) is 0 Å². The van der Waals surface area contributed by atoms with Crippen molar-refractivity contribution in [3.63, 3.8) is 0 Å². The highest BCUT2D eigenvalue weighted by molar-refractivity contribution is 5.99. The molecule has 0 aliphatic carbocycles. The standard InChI is InChI=1S/C18H21N5O3/c1-3-22(4-2)17-10-9-14(23(25)26)11-13(17)12-20-21-18(24)15-7-5-6-8-16(15)19/h5-12H,3-4,19H2,1-2H3,(H,21,24)/b20-12-. The van der Waals surface area contributed by atoms with Gasteiger partial charge in [0.1, 0.15) is 0 Å². The van der Waals surface area contributed by atoms with E-state index in [1.807, 2.05) is 18.7 Å². The molecule has 2 aromatic rings. The van der Waals surface area contributed by atoms with Gasteiger partial charge >= 0.3 is 0 Å². The van der Waals surface area contributed by atoms with Crippen LogP contribution in [0, 0.1) is 10.1 Å². The van der Waals surface area contributed by atoms with Crippen molar-refractivity contribution in [2.45, 2.75) is 13.8 Å². The molecule has 2 aromatic carbocycles. The Morgan fingerprint density at radius 2 is 1.96 bits per heavy atom. The molecule has 0 fully saturated rings. The van der Waals surface area contributed by atoms with E-state index in [1.54, 1.807) is 30.3 Å². The molecule has 2 rings (SSSR count). The monoisotopic (exact) mass is 355 g/mol. The Hall–Kier alpha value is -3.42. The number of anilines is 2. The lowest BCUT2D eigenvalue weighted by atomic mass is 10.1. The van der Waals surface area contributed by atoms with Crippen LogP contribution in [0.25, 0.3) is 0 Å². The second-order valence-electron chi connectivity index (χ2n) is 5.46. The van der Waals surface area contributed by atoms with Gasteiger partial charge in [-0.15, -0.1) is 0 Å². The van der Waals surface area contributed by atoms with Crippen molar-refractivity contribution >= 4 is 29.2 Å². The summed E-state index contributed by atoms with van der Waals surface area (Å²) in [5.41, 5.74) is 10.1. The summed E-state index contributed by atoms with van der Waals surface area (Å²) in [6.45, 7) is 5.46. The van der Waals surface area contributed by atoms with Crippen molar-refractivity contribution in [3.8, 4) is 0 Å². The van der Waals surface area contributed by atoms with E-state index < -0.39 is 10.8 Å². The molecular weight excluding hydrogens is 334 g/mol. The van der Waals surface area contributed by atoms with Crippen molar-refractivity contribution in [3.05, 3.63) is 63.7 Å². The van der Waals surface area contributed by atoms with E-state index in [1.165, 1.54) is 18.3 Å². The minimum absolute atomic E-state index is 0.0408. The maximum atomic E-state index is 12.1. The van der Waals surface area contributed by atoms with Crippen molar-refractivity contribution in [1.82, 2.24) is 5.43 Å². The fourth-order valence-corrected chi connectivity index (χ4v) is 2.54. The number of hydrogen-bond acceptors (Lipinski definition) is 6. The third-order valence-corrected chi connectivity index (χ3v) is 3.90. The molecule has 0 unspecified atom stereocenters. The molecule has 0 saturated carbocycles. The van der Waals surface area contributed by atoms with Crippen LogP contribution in [0.2, 0.25) is 0 Å². The highest BCUT2D eigenvalue weighted by atomic mass is 16.6. The summed E-state index contributed by atoms with van der Waals surface area (Å²) in [7, 11) is 0. The summed E-state index contributed by atoms with van der Waals surface area (Å²) in [4.78, 5) is 24.8. The van der Waals surface area contributed by atoms with E-state index in [0.717, 1.165) is 18.8 Å². The van der Waals surface area contributed by atoms with Gasteiger partial charge < -0.3 is 10.6 Å². The lowest BCUT2D eigenvalue weighted by Gasteiger charge is -2.22. The van der Waals surface area contributed by atoms with Gasteiger partial charge in [0.15, 0.2) is 0 Å². The number of hydrogen-bond donors (Lipinski definition) is 2. The number of non-ortho nitro benzene ring substituents is 1. The molecule has 0 aromatic heterocycles. The Balaban J connectivity index is 2.27. The highest BCUT2D eigenvalue weighted by Crippen LogP contribution is 2.24.